The number of allylic oxidation sites excluding steroid dienone is 2. The van der Waals surface area contributed by atoms with E-state index in [0.29, 0.717) is 17.4 Å². The van der Waals surface area contributed by atoms with E-state index in [9.17, 15) is 19.5 Å². The van der Waals surface area contributed by atoms with Crippen molar-refractivity contribution in [3.8, 4) is 0 Å². The third kappa shape index (κ3) is 59.7. The van der Waals surface area contributed by atoms with Crippen LogP contribution in [0.4, 0.5) is 0 Å². The summed E-state index contributed by atoms with van der Waals surface area (Å²) in [5.74, 6) is -1.98. The van der Waals surface area contributed by atoms with Crippen LogP contribution in [0.1, 0.15) is 341 Å². The molecule has 0 aliphatic carbocycles. The van der Waals surface area contributed by atoms with Crippen molar-refractivity contribution in [2.45, 2.75) is 354 Å². The van der Waals surface area contributed by atoms with E-state index in [1.54, 1.807) is 0 Å². The second kappa shape index (κ2) is 59.2. The average Bonchev–Trinajstić information content (AvgIpc) is 3.39. The minimum Gasteiger partial charge on any atom is -0.477 e. The molecule has 0 aliphatic heterocycles. The van der Waals surface area contributed by atoms with Crippen LogP contribution < -0.4 is 0 Å². The molecule has 2 atom stereocenters. The van der Waals surface area contributed by atoms with Gasteiger partial charge >= 0.3 is 17.9 Å². The Morgan fingerprint density at radius 3 is 0.974 bits per heavy atom. The molecule has 0 fully saturated rings. The zero-order valence-corrected chi connectivity index (χ0v) is 51.5. The summed E-state index contributed by atoms with van der Waals surface area (Å²) in [5.41, 5.74) is 0. The van der Waals surface area contributed by atoms with E-state index in [1.807, 2.05) is 21.1 Å². The third-order valence-electron chi connectivity index (χ3n) is 15.3. The predicted molar refractivity (Wildman–Crippen MR) is 323 cm³/mol. The topological polar surface area (TPSA) is 108 Å². The number of hydrogen-bond acceptors (Lipinski definition) is 7. The Balaban J connectivity index is 4.09. The molecule has 0 saturated heterocycles. The van der Waals surface area contributed by atoms with Crippen molar-refractivity contribution < 1.29 is 42.9 Å². The summed E-state index contributed by atoms with van der Waals surface area (Å²) in [6, 6.07) is 0. The molecule has 9 nitrogen and oxygen atoms in total. The van der Waals surface area contributed by atoms with Gasteiger partial charge in [-0.2, -0.15) is 0 Å². The Labute approximate surface area is 472 Å². The van der Waals surface area contributed by atoms with E-state index in [0.717, 1.165) is 38.5 Å². The number of hydrogen-bond donors (Lipinski definition) is 1. The highest BCUT2D eigenvalue weighted by molar-refractivity contribution is 5.71. The molecule has 76 heavy (non-hydrogen) atoms. The van der Waals surface area contributed by atoms with E-state index in [-0.39, 0.29) is 38.2 Å². The molecule has 0 aromatic rings. The Morgan fingerprint density at radius 1 is 0.382 bits per heavy atom. The van der Waals surface area contributed by atoms with Gasteiger partial charge in [-0.3, -0.25) is 9.59 Å². The monoisotopic (exact) mass is 1080 g/mol. The lowest BCUT2D eigenvalue weighted by molar-refractivity contribution is -0.870. The molecule has 0 spiro atoms. The van der Waals surface area contributed by atoms with Gasteiger partial charge in [-0.1, -0.05) is 302 Å². The number of carbonyl (C=O) groups excluding carboxylic acids is 2. The number of aliphatic carboxylic acids is 1. The van der Waals surface area contributed by atoms with E-state index in [4.69, 9.17) is 18.9 Å². The first-order valence-electron chi connectivity index (χ1n) is 33.4. The van der Waals surface area contributed by atoms with Crippen molar-refractivity contribution in [1.29, 1.82) is 0 Å². The van der Waals surface area contributed by atoms with Crippen LogP contribution in [0.15, 0.2) is 12.2 Å². The average molecular weight is 1080 g/mol. The second-order valence-electron chi connectivity index (χ2n) is 24.1. The molecular weight excluding hydrogens is 947 g/mol. The Kier molecular flexibility index (Phi) is 57.6. The highest BCUT2D eigenvalue weighted by Crippen LogP contribution is 2.19. The first kappa shape index (κ1) is 74.0. The lowest BCUT2D eigenvalue weighted by Crippen LogP contribution is -2.40. The quantitative estimate of drug-likeness (QED) is 0.0211. The first-order valence-corrected chi connectivity index (χ1v) is 33.4. The summed E-state index contributed by atoms with van der Waals surface area (Å²) in [5, 5.41) is 9.73. The van der Waals surface area contributed by atoms with Crippen LogP contribution in [-0.4, -0.2) is 87.4 Å². The van der Waals surface area contributed by atoms with E-state index in [1.165, 1.54) is 276 Å². The molecule has 0 aromatic heterocycles. The lowest BCUT2D eigenvalue weighted by atomic mass is 10.0. The number of carbonyl (C=O) groups is 3. The van der Waals surface area contributed by atoms with Crippen LogP contribution in [0, 0.1) is 0 Å². The minimum absolute atomic E-state index is 0.175. The van der Waals surface area contributed by atoms with Gasteiger partial charge in [-0.05, 0) is 38.5 Å². The van der Waals surface area contributed by atoms with Gasteiger partial charge in [0.2, 0.25) is 0 Å². The van der Waals surface area contributed by atoms with Crippen molar-refractivity contribution in [2.75, 3.05) is 47.5 Å². The van der Waals surface area contributed by atoms with Gasteiger partial charge in [0.25, 0.3) is 6.29 Å². The van der Waals surface area contributed by atoms with Crippen molar-refractivity contribution in [3.05, 3.63) is 12.2 Å². The molecule has 0 rings (SSSR count). The van der Waals surface area contributed by atoms with Crippen molar-refractivity contribution in [2.24, 2.45) is 0 Å². The smallest absolute Gasteiger partial charge is 0.361 e. The molecular formula is C67H130NO8+. The Bertz CT molecular complexity index is 1250. The molecule has 450 valence electrons. The first-order chi connectivity index (χ1) is 37.1. The number of rotatable bonds is 63. The maximum Gasteiger partial charge on any atom is 0.361 e. The number of carboxylic acid groups (broad SMARTS) is 1. The molecule has 0 radical (unpaired) electrons. The summed E-state index contributed by atoms with van der Waals surface area (Å²) < 4.78 is 23.0. The van der Waals surface area contributed by atoms with Crippen molar-refractivity contribution >= 4 is 17.9 Å². The van der Waals surface area contributed by atoms with Gasteiger partial charge in [0.05, 0.1) is 34.4 Å². The van der Waals surface area contributed by atoms with Gasteiger partial charge in [-0.25, -0.2) is 4.79 Å². The zero-order chi connectivity index (χ0) is 55.5. The van der Waals surface area contributed by atoms with Crippen LogP contribution in [0.3, 0.4) is 0 Å². The van der Waals surface area contributed by atoms with Gasteiger partial charge in [0, 0.05) is 12.8 Å². The van der Waals surface area contributed by atoms with Gasteiger partial charge < -0.3 is 28.5 Å². The molecule has 0 saturated carbocycles. The molecule has 0 heterocycles. The highest BCUT2D eigenvalue weighted by Gasteiger charge is 2.25. The SMILES string of the molecule is CCCCCCCCCC/C=C\CCCCCCCCCCCCCC(=O)OC(COC(=O)CCCCCCCCCCCCCCCCCCCCCCCCCCCCCC)COC(OCC[N+](C)(C)C)C(=O)O. The predicted octanol–water partition coefficient (Wildman–Crippen LogP) is 20.1. The standard InChI is InChI=1S/C67H129NO8/c1-6-8-10-12-14-16-18-20-22-24-26-28-30-31-32-33-34-36-37-39-41-43-45-47-49-51-53-55-57-64(69)74-61-63(62-75-67(66(71)72)73-60-59-68(3,4)5)76-65(70)58-56-54-52-50-48-46-44-42-40-38-35-29-27-25-23-21-19-17-15-13-11-9-7-2/h25,27,63,67H,6-24,26,28-62H2,1-5H3/p+1/b27-25-. The Hall–Kier alpha value is -1.97. The zero-order valence-electron chi connectivity index (χ0n) is 51.5. The lowest BCUT2D eigenvalue weighted by Gasteiger charge is -2.25. The number of unbranched alkanes of at least 4 members (excludes halogenated alkanes) is 46. The van der Waals surface area contributed by atoms with Gasteiger partial charge in [0.1, 0.15) is 13.2 Å². The highest BCUT2D eigenvalue weighted by atomic mass is 16.7. The number of esters is 2. The fourth-order valence-corrected chi connectivity index (χ4v) is 10.1. The molecule has 1 N–H and O–H groups in total. The van der Waals surface area contributed by atoms with Crippen molar-refractivity contribution in [3.63, 3.8) is 0 Å². The number of nitrogens with zero attached hydrogens (tertiary/aromatic N) is 1. The second-order valence-corrected chi connectivity index (χ2v) is 24.1. The van der Waals surface area contributed by atoms with Crippen molar-refractivity contribution in [1.82, 2.24) is 0 Å². The molecule has 2 unspecified atom stereocenters. The third-order valence-corrected chi connectivity index (χ3v) is 15.3. The Morgan fingerprint density at radius 2 is 0.671 bits per heavy atom. The molecule has 0 aliphatic rings. The summed E-state index contributed by atoms with van der Waals surface area (Å²) in [6.45, 7) is 4.95. The maximum atomic E-state index is 12.9. The van der Waals surface area contributed by atoms with Gasteiger partial charge in [0.15, 0.2) is 6.10 Å². The van der Waals surface area contributed by atoms with Crippen LogP contribution in [-0.2, 0) is 33.3 Å². The van der Waals surface area contributed by atoms with Crippen LogP contribution in [0.25, 0.3) is 0 Å². The molecule has 0 aromatic carbocycles. The number of carboxylic acids is 1. The molecule has 0 amide bonds. The summed E-state index contributed by atoms with van der Waals surface area (Å²) in [4.78, 5) is 37.5. The maximum absolute atomic E-state index is 12.9. The number of ether oxygens (including phenoxy) is 4. The van der Waals surface area contributed by atoms with Crippen LogP contribution >= 0.6 is 0 Å². The molecule has 9 heteroatoms. The van der Waals surface area contributed by atoms with E-state index < -0.39 is 18.4 Å². The minimum atomic E-state index is -1.51. The van der Waals surface area contributed by atoms with Crippen LogP contribution in [0.2, 0.25) is 0 Å². The number of quaternary nitrogens is 1. The van der Waals surface area contributed by atoms with E-state index >= 15 is 0 Å². The largest absolute Gasteiger partial charge is 0.477 e. The molecule has 0 bridgehead atoms. The number of likely N-dealkylation sites (N-methyl/N-ethyl adjacent to an activating group) is 1. The van der Waals surface area contributed by atoms with Gasteiger partial charge in [-0.15, -0.1) is 0 Å². The van der Waals surface area contributed by atoms with Crippen LogP contribution in [0.5, 0.6) is 0 Å². The van der Waals surface area contributed by atoms with E-state index in [2.05, 4.69) is 26.0 Å². The fraction of sp³-hybridized carbons (Fsp3) is 0.925. The normalized spacial score (nSPS) is 12.7. The summed E-state index contributed by atoms with van der Waals surface area (Å²) in [7, 11) is 5.99. The fourth-order valence-electron chi connectivity index (χ4n) is 10.1. The summed E-state index contributed by atoms with van der Waals surface area (Å²) in [6.07, 6.45) is 67.5. The summed E-state index contributed by atoms with van der Waals surface area (Å²) >= 11 is 0.